The first-order valence-corrected chi connectivity index (χ1v) is 6.34. The predicted octanol–water partition coefficient (Wildman–Crippen LogP) is 1.01. The van der Waals surface area contributed by atoms with E-state index in [2.05, 4.69) is 15.6 Å². The number of aromatic nitrogens is 1. The molecule has 0 aromatic carbocycles. The molecule has 1 fully saturated rings. The zero-order valence-corrected chi connectivity index (χ0v) is 11.1. The molecule has 7 heteroatoms. The monoisotopic (exact) mass is 279 g/mol. The van der Waals surface area contributed by atoms with E-state index in [1.54, 1.807) is 19.2 Å². The van der Waals surface area contributed by atoms with Crippen LogP contribution < -0.4 is 10.6 Å². The number of carboxylic acids is 1. The fourth-order valence-electron chi connectivity index (χ4n) is 1.99. The minimum atomic E-state index is -0.936. The molecule has 0 unspecified atom stereocenters. The Labute approximate surface area is 116 Å². The Morgan fingerprint density at radius 3 is 2.75 bits per heavy atom. The van der Waals surface area contributed by atoms with Crippen molar-refractivity contribution >= 4 is 17.7 Å². The maximum absolute atomic E-state index is 11.7. The second kappa shape index (κ2) is 6.33. The lowest BCUT2D eigenvalue weighted by atomic mass is 9.89. The number of carboxylic acid groups (broad SMARTS) is 1. The second-order valence-corrected chi connectivity index (χ2v) is 4.73. The average molecular weight is 279 g/mol. The molecule has 0 aliphatic heterocycles. The van der Waals surface area contributed by atoms with Crippen molar-refractivity contribution in [2.24, 2.45) is 0 Å². The van der Waals surface area contributed by atoms with Crippen LogP contribution in [0.2, 0.25) is 0 Å². The number of anilines is 1. The number of pyridine rings is 1. The standard InChI is InChI=1S/C13H17N3O4/c1-20-11-4-10(5-11)16-13(19)15-9-3-2-8(14-7-9)6-12(17)18/h2-3,7,10-11H,4-6H2,1H3,(H,17,18)(H2,15,16,19). The fraction of sp³-hybridized carbons (Fsp3) is 0.462. The first-order valence-electron chi connectivity index (χ1n) is 6.34. The third-order valence-corrected chi connectivity index (χ3v) is 3.18. The number of nitrogens with one attached hydrogen (secondary N) is 2. The summed E-state index contributed by atoms with van der Waals surface area (Å²) < 4.78 is 5.13. The third-order valence-electron chi connectivity index (χ3n) is 3.18. The van der Waals surface area contributed by atoms with E-state index in [9.17, 15) is 9.59 Å². The molecule has 0 atom stereocenters. The molecule has 0 radical (unpaired) electrons. The number of amides is 2. The number of methoxy groups -OCH3 is 1. The van der Waals surface area contributed by atoms with Gasteiger partial charge in [-0.3, -0.25) is 9.78 Å². The Morgan fingerprint density at radius 2 is 2.20 bits per heavy atom. The number of hydrogen-bond donors (Lipinski definition) is 3. The van der Waals surface area contributed by atoms with Crippen LogP contribution in [0.15, 0.2) is 18.3 Å². The van der Waals surface area contributed by atoms with Gasteiger partial charge in [-0.2, -0.15) is 0 Å². The number of nitrogens with zero attached hydrogens (tertiary/aromatic N) is 1. The first kappa shape index (κ1) is 14.3. The van der Waals surface area contributed by atoms with Crippen molar-refractivity contribution in [2.75, 3.05) is 12.4 Å². The third kappa shape index (κ3) is 3.92. The summed E-state index contributed by atoms with van der Waals surface area (Å²) in [5.74, 6) is -0.936. The average Bonchev–Trinajstić information content (AvgIpc) is 2.35. The van der Waals surface area contributed by atoms with Crippen molar-refractivity contribution in [2.45, 2.75) is 31.4 Å². The van der Waals surface area contributed by atoms with Gasteiger partial charge in [-0.25, -0.2) is 4.79 Å². The van der Waals surface area contributed by atoms with Gasteiger partial charge in [0.2, 0.25) is 0 Å². The zero-order chi connectivity index (χ0) is 14.5. The van der Waals surface area contributed by atoms with Gasteiger partial charge in [0.25, 0.3) is 0 Å². The summed E-state index contributed by atoms with van der Waals surface area (Å²) >= 11 is 0. The maximum Gasteiger partial charge on any atom is 0.319 e. The SMILES string of the molecule is COC1CC(NC(=O)Nc2ccc(CC(=O)O)nc2)C1. The molecule has 0 spiro atoms. The molecule has 1 heterocycles. The first-order chi connectivity index (χ1) is 9.56. The lowest BCUT2D eigenvalue weighted by molar-refractivity contribution is -0.136. The van der Waals surface area contributed by atoms with Crippen LogP contribution in [0.4, 0.5) is 10.5 Å². The summed E-state index contributed by atoms with van der Waals surface area (Å²) in [5, 5.41) is 14.1. The molecule has 20 heavy (non-hydrogen) atoms. The van der Waals surface area contributed by atoms with Gasteiger partial charge >= 0.3 is 12.0 Å². The predicted molar refractivity (Wildman–Crippen MR) is 71.6 cm³/mol. The summed E-state index contributed by atoms with van der Waals surface area (Å²) in [6.45, 7) is 0. The van der Waals surface area contributed by atoms with Gasteiger partial charge in [-0.1, -0.05) is 0 Å². The van der Waals surface area contributed by atoms with Crippen LogP contribution >= 0.6 is 0 Å². The molecular weight excluding hydrogens is 262 g/mol. The molecule has 2 amide bonds. The summed E-state index contributed by atoms with van der Waals surface area (Å²) in [5.41, 5.74) is 0.977. The summed E-state index contributed by atoms with van der Waals surface area (Å²) in [6.07, 6.45) is 3.18. The number of urea groups is 1. The van der Waals surface area contributed by atoms with Crippen molar-refractivity contribution < 1.29 is 19.4 Å². The van der Waals surface area contributed by atoms with E-state index in [4.69, 9.17) is 9.84 Å². The van der Waals surface area contributed by atoms with Gasteiger partial charge in [0.05, 0.1) is 30.1 Å². The van der Waals surface area contributed by atoms with Crippen LogP contribution in [0.25, 0.3) is 0 Å². The minimum absolute atomic E-state index is 0.132. The Bertz CT molecular complexity index is 483. The molecule has 2 rings (SSSR count). The summed E-state index contributed by atoms with van der Waals surface area (Å²) in [4.78, 5) is 26.2. The quantitative estimate of drug-likeness (QED) is 0.746. The van der Waals surface area contributed by atoms with E-state index in [1.165, 1.54) is 6.20 Å². The molecular formula is C13H17N3O4. The van der Waals surface area contributed by atoms with Crippen molar-refractivity contribution in [3.63, 3.8) is 0 Å². The van der Waals surface area contributed by atoms with Gasteiger partial charge < -0.3 is 20.5 Å². The number of hydrogen-bond acceptors (Lipinski definition) is 4. The van der Waals surface area contributed by atoms with E-state index in [0.29, 0.717) is 11.4 Å². The van der Waals surface area contributed by atoms with Gasteiger partial charge in [-0.15, -0.1) is 0 Å². The van der Waals surface area contributed by atoms with Crippen molar-refractivity contribution in [1.29, 1.82) is 0 Å². The molecule has 0 bridgehead atoms. The molecule has 1 saturated carbocycles. The van der Waals surface area contributed by atoms with Crippen LogP contribution in [-0.2, 0) is 16.0 Å². The highest BCUT2D eigenvalue weighted by Gasteiger charge is 2.30. The summed E-state index contributed by atoms with van der Waals surface area (Å²) in [7, 11) is 1.66. The van der Waals surface area contributed by atoms with E-state index in [0.717, 1.165) is 12.8 Å². The highest BCUT2D eigenvalue weighted by atomic mass is 16.5. The number of carbonyl (C=O) groups excluding carboxylic acids is 1. The van der Waals surface area contributed by atoms with E-state index in [1.807, 2.05) is 0 Å². The lowest BCUT2D eigenvalue weighted by Crippen LogP contribution is -2.48. The molecule has 1 aliphatic rings. The fourth-order valence-corrected chi connectivity index (χ4v) is 1.99. The highest BCUT2D eigenvalue weighted by molar-refractivity contribution is 5.89. The van der Waals surface area contributed by atoms with Crippen LogP contribution in [0.1, 0.15) is 18.5 Å². The Balaban J connectivity index is 1.78. The second-order valence-electron chi connectivity index (χ2n) is 4.73. The zero-order valence-electron chi connectivity index (χ0n) is 11.1. The lowest BCUT2D eigenvalue weighted by Gasteiger charge is -2.34. The van der Waals surface area contributed by atoms with Crippen LogP contribution in [-0.4, -0.2) is 41.3 Å². The molecule has 108 valence electrons. The van der Waals surface area contributed by atoms with Crippen LogP contribution in [0.3, 0.4) is 0 Å². The highest BCUT2D eigenvalue weighted by Crippen LogP contribution is 2.22. The molecule has 1 aromatic heterocycles. The molecule has 7 nitrogen and oxygen atoms in total. The van der Waals surface area contributed by atoms with Gasteiger partial charge in [0.15, 0.2) is 0 Å². The smallest absolute Gasteiger partial charge is 0.319 e. The van der Waals surface area contributed by atoms with Crippen LogP contribution in [0, 0.1) is 0 Å². The van der Waals surface area contributed by atoms with Gasteiger partial charge in [0, 0.05) is 13.2 Å². The van der Waals surface area contributed by atoms with Crippen molar-refractivity contribution in [3.05, 3.63) is 24.0 Å². The van der Waals surface area contributed by atoms with Gasteiger partial charge in [0.1, 0.15) is 0 Å². The molecule has 1 aromatic rings. The van der Waals surface area contributed by atoms with Crippen molar-refractivity contribution in [1.82, 2.24) is 10.3 Å². The van der Waals surface area contributed by atoms with Crippen molar-refractivity contribution in [3.8, 4) is 0 Å². The van der Waals surface area contributed by atoms with E-state index < -0.39 is 5.97 Å². The molecule has 0 saturated heterocycles. The summed E-state index contributed by atoms with van der Waals surface area (Å²) in [6, 6.07) is 3.05. The minimum Gasteiger partial charge on any atom is -0.481 e. The maximum atomic E-state index is 11.7. The van der Waals surface area contributed by atoms with E-state index >= 15 is 0 Å². The number of aliphatic carboxylic acids is 1. The Morgan fingerprint density at radius 1 is 1.45 bits per heavy atom. The number of rotatable bonds is 5. The Hall–Kier alpha value is -2.15. The Kier molecular flexibility index (Phi) is 4.52. The van der Waals surface area contributed by atoms with E-state index in [-0.39, 0.29) is 24.6 Å². The largest absolute Gasteiger partial charge is 0.481 e. The molecule has 3 N–H and O–H groups in total. The van der Waals surface area contributed by atoms with Gasteiger partial charge in [-0.05, 0) is 25.0 Å². The molecule has 1 aliphatic carbocycles. The number of ether oxygens (including phenoxy) is 1. The topological polar surface area (TPSA) is 101 Å². The number of carbonyl (C=O) groups is 2. The normalized spacial score (nSPS) is 20.9. The van der Waals surface area contributed by atoms with Crippen LogP contribution in [0.5, 0.6) is 0 Å².